The van der Waals surface area contributed by atoms with Crippen LogP contribution in [-0.2, 0) is 0 Å². The molecule has 2 aromatic rings. The molecule has 0 aliphatic carbocycles. The Labute approximate surface area is 149 Å². The van der Waals surface area contributed by atoms with Gasteiger partial charge in [-0.1, -0.05) is 12.1 Å². The first-order valence-corrected chi connectivity index (χ1v) is 9.15. The quantitative estimate of drug-likeness (QED) is 0.841. The summed E-state index contributed by atoms with van der Waals surface area (Å²) < 4.78 is 0.789. The first-order chi connectivity index (χ1) is 11.6. The number of carbonyl (C=O) groups is 1. The fourth-order valence-corrected chi connectivity index (χ4v) is 3.83. The zero-order chi connectivity index (χ0) is 17.1. The van der Waals surface area contributed by atoms with Crippen LogP contribution in [0.3, 0.4) is 0 Å². The lowest BCUT2D eigenvalue weighted by Crippen LogP contribution is -2.39. The number of amides is 1. The van der Waals surface area contributed by atoms with Crippen LogP contribution in [0.1, 0.15) is 29.6 Å². The van der Waals surface area contributed by atoms with Crippen molar-refractivity contribution in [1.82, 2.24) is 15.2 Å². The molecule has 1 aromatic heterocycles. The Kier molecular flexibility index (Phi) is 5.36. The zero-order valence-electron chi connectivity index (χ0n) is 13.8. The van der Waals surface area contributed by atoms with Gasteiger partial charge in [-0.3, -0.25) is 9.59 Å². The number of fused-ring (bicyclic) bond motifs is 1. The number of rotatable bonds is 4. The number of benzene rings is 1. The Morgan fingerprint density at radius 1 is 1.38 bits per heavy atom. The normalized spacial score (nSPS) is 15.8. The lowest BCUT2D eigenvalue weighted by molar-refractivity contribution is 0.0689. The highest BCUT2D eigenvalue weighted by atomic mass is 79.9. The average Bonchev–Trinajstić information content (AvgIpc) is 2.60. The number of nitrogens with zero attached hydrogens (tertiary/aromatic N) is 1. The van der Waals surface area contributed by atoms with Crippen LogP contribution in [0.15, 0.2) is 33.5 Å². The van der Waals surface area contributed by atoms with Gasteiger partial charge in [0, 0.05) is 29.0 Å². The minimum atomic E-state index is -0.248. The van der Waals surface area contributed by atoms with Crippen LogP contribution in [0.5, 0.6) is 0 Å². The van der Waals surface area contributed by atoms with Crippen LogP contribution in [-0.4, -0.2) is 42.5 Å². The van der Waals surface area contributed by atoms with Crippen LogP contribution in [0.2, 0.25) is 0 Å². The molecule has 5 nitrogen and oxygen atoms in total. The molecule has 128 valence electrons. The standard InChI is InChI=1S/C18H22BrN3O2/c1-20-8-5-12-6-9-22(10-7-12)18(24)14-11-16(23)21-17-13(14)3-2-4-15(17)19/h2-4,11-12,20H,5-10H2,1H3,(H,21,23). The first kappa shape index (κ1) is 17.2. The molecule has 0 saturated carbocycles. The van der Waals surface area contributed by atoms with Crippen LogP contribution in [0, 0.1) is 5.92 Å². The van der Waals surface area contributed by atoms with Gasteiger partial charge < -0.3 is 15.2 Å². The summed E-state index contributed by atoms with van der Waals surface area (Å²) in [5, 5.41) is 3.97. The molecule has 2 N–H and O–H groups in total. The van der Waals surface area contributed by atoms with Crippen molar-refractivity contribution in [3.8, 4) is 0 Å². The van der Waals surface area contributed by atoms with Crippen molar-refractivity contribution < 1.29 is 4.79 Å². The maximum absolute atomic E-state index is 12.9. The van der Waals surface area contributed by atoms with E-state index in [-0.39, 0.29) is 11.5 Å². The third-order valence-corrected chi connectivity index (χ3v) is 5.42. The number of likely N-dealkylation sites (tertiary alicyclic amines) is 1. The Hall–Kier alpha value is -1.66. The fourth-order valence-electron chi connectivity index (χ4n) is 3.36. The number of carbonyl (C=O) groups excluding carboxylic acids is 1. The van der Waals surface area contributed by atoms with E-state index in [1.807, 2.05) is 30.1 Å². The second kappa shape index (κ2) is 7.49. The lowest BCUT2D eigenvalue weighted by Gasteiger charge is -2.32. The van der Waals surface area contributed by atoms with Gasteiger partial charge in [0.25, 0.3) is 5.91 Å². The molecule has 1 amide bonds. The van der Waals surface area contributed by atoms with Gasteiger partial charge in [0.1, 0.15) is 0 Å². The number of halogens is 1. The van der Waals surface area contributed by atoms with Gasteiger partial charge in [-0.05, 0) is 60.8 Å². The zero-order valence-corrected chi connectivity index (χ0v) is 15.4. The van der Waals surface area contributed by atoms with Crippen molar-refractivity contribution in [2.75, 3.05) is 26.7 Å². The third kappa shape index (κ3) is 3.54. The van der Waals surface area contributed by atoms with E-state index in [0.717, 1.165) is 48.8 Å². The molecule has 0 radical (unpaired) electrons. The Morgan fingerprint density at radius 2 is 2.12 bits per heavy atom. The molecule has 1 aromatic carbocycles. The molecule has 1 fully saturated rings. The number of hydrogen-bond acceptors (Lipinski definition) is 3. The van der Waals surface area contributed by atoms with E-state index >= 15 is 0 Å². The second-order valence-electron chi connectivity index (χ2n) is 6.34. The highest BCUT2D eigenvalue weighted by Crippen LogP contribution is 2.26. The van der Waals surface area contributed by atoms with E-state index < -0.39 is 0 Å². The van der Waals surface area contributed by atoms with Gasteiger partial charge in [0.2, 0.25) is 5.56 Å². The number of H-pyrrole nitrogens is 1. The summed E-state index contributed by atoms with van der Waals surface area (Å²) in [5.41, 5.74) is 0.919. The second-order valence-corrected chi connectivity index (χ2v) is 7.19. The van der Waals surface area contributed by atoms with Crippen LogP contribution in [0.4, 0.5) is 0 Å². The topological polar surface area (TPSA) is 65.2 Å². The van der Waals surface area contributed by atoms with Gasteiger partial charge in [-0.2, -0.15) is 0 Å². The number of piperidine rings is 1. The van der Waals surface area contributed by atoms with Gasteiger partial charge in [0.05, 0.1) is 11.1 Å². The molecule has 24 heavy (non-hydrogen) atoms. The molecular formula is C18H22BrN3O2. The predicted octanol–water partition coefficient (Wildman–Crippen LogP) is 2.75. The first-order valence-electron chi connectivity index (χ1n) is 8.35. The average molecular weight is 392 g/mol. The van der Waals surface area contributed by atoms with E-state index in [2.05, 4.69) is 26.2 Å². The van der Waals surface area contributed by atoms with Crippen molar-refractivity contribution in [2.45, 2.75) is 19.3 Å². The Morgan fingerprint density at radius 3 is 2.83 bits per heavy atom. The number of pyridine rings is 1. The number of hydrogen-bond donors (Lipinski definition) is 2. The molecule has 6 heteroatoms. The van der Waals surface area contributed by atoms with E-state index in [1.54, 1.807) is 0 Å². The third-order valence-electron chi connectivity index (χ3n) is 4.76. The van der Waals surface area contributed by atoms with Crippen molar-refractivity contribution in [3.05, 3.63) is 44.7 Å². The smallest absolute Gasteiger partial charge is 0.254 e. The molecule has 1 aliphatic heterocycles. The summed E-state index contributed by atoms with van der Waals surface area (Å²) in [6.07, 6.45) is 3.20. The van der Waals surface area contributed by atoms with E-state index in [0.29, 0.717) is 17.0 Å². The van der Waals surface area contributed by atoms with Gasteiger partial charge >= 0.3 is 0 Å². The fraction of sp³-hybridized carbons (Fsp3) is 0.444. The molecule has 3 rings (SSSR count). The van der Waals surface area contributed by atoms with Crippen LogP contribution in [0.25, 0.3) is 10.9 Å². The summed E-state index contributed by atoms with van der Waals surface area (Å²) in [5.74, 6) is 0.628. The van der Waals surface area contributed by atoms with Crippen molar-refractivity contribution in [2.24, 2.45) is 5.92 Å². The number of aromatic amines is 1. The molecule has 0 unspecified atom stereocenters. The monoisotopic (exact) mass is 391 g/mol. The summed E-state index contributed by atoms with van der Waals surface area (Å²) >= 11 is 3.44. The molecule has 1 aliphatic rings. The summed E-state index contributed by atoms with van der Waals surface area (Å²) in [6.45, 7) is 2.54. The van der Waals surface area contributed by atoms with Gasteiger partial charge in [-0.15, -0.1) is 0 Å². The minimum absolute atomic E-state index is 0.0451. The van der Waals surface area contributed by atoms with E-state index in [4.69, 9.17) is 0 Å². The molecule has 0 bridgehead atoms. The lowest BCUT2D eigenvalue weighted by atomic mass is 9.93. The Balaban J connectivity index is 1.83. The van der Waals surface area contributed by atoms with Crippen LogP contribution >= 0.6 is 15.9 Å². The number of nitrogens with one attached hydrogen (secondary N) is 2. The van der Waals surface area contributed by atoms with E-state index in [9.17, 15) is 9.59 Å². The highest BCUT2D eigenvalue weighted by Gasteiger charge is 2.25. The molecule has 0 atom stereocenters. The van der Waals surface area contributed by atoms with Gasteiger partial charge in [-0.25, -0.2) is 0 Å². The SMILES string of the molecule is CNCCC1CCN(C(=O)c2cc(=O)[nH]c3c(Br)cccc23)CC1. The Bertz CT molecular complexity index is 794. The summed E-state index contributed by atoms with van der Waals surface area (Å²) in [7, 11) is 1.97. The van der Waals surface area contributed by atoms with Crippen molar-refractivity contribution >= 4 is 32.7 Å². The predicted molar refractivity (Wildman–Crippen MR) is 99.4 cm³/mol. The number of aromatic nitrogens is 1. The highest BCUT2D eigenvalue weighted by molar-refractivity contribution is 9.10. The summed E-state index contributed by atoms with van der Waals surface area (Å²) in [4.78, 5) is 29.6. The molecule has 2 heterocycles. The molecule has 1 saturated heterocycles. The minimum Gasteiger partial charge on any atom is -0.339 e. The molecule has 0 spiro atoms. The maximum atomic E-state index is 12.9. The summed E-state index contributed by atoms with van der Waals surface area (Å²) in [6, 6.07) is 7.04. The van der Waals surface area contributed by atoms with Crippen molar-refractivity contribution in [1.29, 1.82) is 0 Å². The van der Waals surface area contributed by atoms with Crippen LogP contribution < -0.4 is 10.9 Å². The van der Waals surface area contributed by atoms with Gasteiger partial charge in [0.15, 0.2) is 0 Å². The number of para-hydroxylation sites is 1. The molecular weight excluding hydrogens is 370 g/mol. The van der Waals surface area contributed by atoms with Crippen molar-refractivity contribution in [3.63, 3.8) is 0 Å². The van der Waals surface area contributed by atoms with E-state index in [1.165, 1.54) is 6.07 Å². The maximum Gasteiger partial charge on any atom is 0.254 e. The largest absolute Gasteiger partial charge is 0.339 e.